The van der Waals surface area contributed by atoms with E-state index in [1.54, 1.807) is 20.8 Å². The molecule has 2 atom stereocenters. The van der Waals surface area contributed by atoms with Crippen LogP contribution in [0.3, 0.4) is 0 Å². The number of carbonyl (C=O) groups is 2. The Morgan fingerprint density at radius 3 is 2.50 bits per heavy atom. The third-order valence-corrected chi connectivity index (χ3v) is 4.17. The van der Waals surface area contributed by atoms with Gasteiger partial charge in [-0.15, -0.1) is 0 Å². The van der Waals surface area contributed by atoms with Crippen molar-refractivity contribution < 1.29 is 19.4 Å². The van der Waals surface area contributed by atoms with Crippen molar-refractivity contribution in [3.63, 3.8) is 0 Å². The topological polar surface area (TPSA) is 63.6 Å². The summed E-state index contributed by atoms with van der Waals surface area (Å²) >= 11 is 0. The predicted molar refractivity (Wildman–Crippen MR) is 66.2 cm³/mol. The Hall–Kier alpha value is -1.42. The highest BCUT2D eigenvalue weighted by atomic mass is 16.5. The van der Waals surface area contributed by atoms with Crippen LogP contribution in [0.5, 0.6) is 0 Å². The number of aliphatic carboxylic acids is 1. The molecule has 0 radical (unpaired) electrons. The molecular weight excluding hydrogens is 232 g/mol. The number of carbonyl (C=O) groups excluding carboxylic acids is 1. The molecule has 2 aliphatic rings. The average molecular weight is 250 g/mol. The standard InChI is InChI=1S/C14H18O4/c1-7-8(2)12-10(9(3)11(7)15)5-6-14(4,18-12)13(16)17/h12H,5-6H2,1-4H3,(H,16,17). The van der Waals surface area contributed by atoms with E-state index < -0.39 is 11.6 Å². The number of carboxylic acid groups (broad SMARTS) is 1. The fraction of sp³-hybridized carbons (Fsp3) is 0.571. The number of allylic oxidation sites excluding steroid dienone is 2. The van der Waals surface area contributed by atoms with Crippen molar-refractivity contribution in [3.8, 4) is 0 Å². The van der Waals surface area contributed by atoms with Gasteiger partial charge in [0.15, 0.2) is 11.4 Å². The van der Waals surface area contributed by atoms with Gasteiger partial charge in [0.05, 0.1) is 0 Å². The molecular formula is C14H18O4. The number of hydrogen-bond acceptors (Lipinski definition) is 3. The van der Waals surface area contributed by atoms with Crippen molar-refractivity contribution >= 4 is 11.8 Å². The molecule has 2 unspecified atom stereocenters. The molecule has 98 valence electrons. The lowest BCUT2D eigenvalue weighted by atomic mass is 9.78. The first-order valence-electron chi connectivity index (χ1n) is 6.11. The number of carboxylic acids is 1. The van der Waals surface area contributed by atoms with Gasteiger partial charge >= 0.3 is 5.97 Å². The maximum atomic E-state index is 12.0. The predicted octanol–water partition coefficient (Wildman–Crippen LogP) is 2.24. The molecule has 18 heavy (non-hydrogen) atoms. The zero-order valence-corrected chi connectivity index (χ0v) is 11.2. The minimum atomic E-state index is -1.16. The van der Waals surface area contributed by atoms with E-state index in [4.69, 9.17) is 4.74 Å². The molecule has 0 aromatic heterocycles. The van der Waals surface area contributed by atoms with Crippen LogP contribution in [0, 0.1) is 0 Å². The summed E-state index contributed by atoms with van der Waals surface area (Å²) in [5, 5.41) is 9.23. The van der Waals surface area contributed by atoms with Gasteiger partial charge in [-0.25, -0.2) is 4.79 Å². The number of ketones is 1. The summed E-state index contributed by atoms with van der Waals surface area (Å²) in [7, 11) is 0. The van der Waals surface area contributed by atoms with Crippen LogP contribution in [-0.2, 0) is 14.3 Å². The van der Waals surface area contributed by atoms with Crippen LogP contribution in [-0.4, -0.2) is 28.6 Å². The molecule has 0 amide bonds. The van der Waals surface area contributed by atoms with Crippen molar-refractivity contribution in [2.45, 2.75) is 52.2 Å². The van der Waals surface area contributed by atoms with Crippen LogP contribution >= 0.6 is 0 Å². The summed E-state index contributed by atoms with van der Waals surface area (Å²) in [6, 6.07) is 0. The summed E-state index contributed by atoms with van der Waals surface area (Å²) in [5.41, 5.74) is 2.03. The van der Waals surface area contributed by atoms with E-state index in [0.29, 0.717) is 18.4 Å². The summed E-state index contributed by atoms with van der Waals surface area (Å²) in [6.07, 6.45) is 0.665. The average Bonchev–Trinajstić information content (AvgIpc) is 2.33. The second-order valence-electron chi connectivity index (χ2n) is 5.32. The fourth-order valence-electron chi connectivity index (χ4n) is 2.59. The van der Waals surface area contributed by atoms with Crippen molar-refractivity contribution in [2.75, 3.05) is 0 Å². The molecule has 1 aliphatic heterocycles. The molecule has 4 nitrogen and oxygen atoms in total. The van der Waals surface area contributed by atoms with E-state index in [-0.39, 0.29) is 11.9 Å². The maximum Gasteiger partial charge on any atom is 0.335 e. The van der Waals surface area contributed by atoms with E-state index in [0.717, 1.165) is 16.7 Å². The quantitative estimate of drug-likeness (QED) is 0.775. The number of hydrogen-bond donors (Lipinski definition) is 1. The third kappa shape index (κ3) is 1.72. The second-order valence-corrected chi connectivity index (χ2v) is 5.32. The monoisotopic (exact) mass is 250 g/mol. The van der Waals surface area contributed by atoms with Crippen molar-refractivity contribution in [3.05, 3.63) is 22.3 Å². The largest absolute Gasteiger partial charge is 0.479 e. The molecule has 1 fully saturated rings. The van der Waals surface area contributed by atoms with E-state index in [1.807, 2.05) is 6.92 Å². The maximum absolute atomic E-state index is 12.0. The van der Waals surface area contributed by atoms with Crippen LogP contribution in [0.25, 0.3) is 0 Å². The smallest absolute Gasteiger partial charge is 0.335 e. The van der Waals surface area contributed by atoms with Gasteiger partial charge < -0.3 is 9.84 Å². The van der Waals surface area contributed by atoms with Gasteiger partial charge in [0.1, 0.15) is 6.10 Å². The Balaban J connectivity index is 2.44. The minimum absolute atomic E-state index is 0.0567. The molecule has 0 aromatic rings. The lowest BCUT2D eigenvalue weighted by Crippen LogP contribution is -2.47. The molecule has 1 heterocycles. The first kappa shape index (κ1) is 13.0. The van der Waals surface area contributed by atoms with Gasteiger partial charge in [-0.3, -0.25) is 4.79 Å². The summed E-state index contributed by atoms with van der Waals surface area (Å²) in [6.45, 7) is 7.01. The molecule has 4 heteroatoms. The van der Waals surface area contributed by atoms with Crippen molar-refractivity contribution in [1.82, 2.24) is 0 Å². The third-order valence-electron chi connectivity index (χ3n) is 4.17. The van der Waals surface area contributed by atoms with Gasteiger partial charge in [-0.2, -0.15) is 0 Å². The Labute approximate surface area is 106 Å². The molecule has 0 spiro atoms. The zero-order chi connectivity index (χ0) is 13.7. The lowest BCUT2D eigenvalue weighted by molar-refractivity contribution is -0.171. The van der Waals surface area contributed by atoms with Gasteiger partial charge in [-0.05, 0) is 62.8 Å². The van der Waals surface area contributed by atoms with Crippen LogP contribution < -0.4 is 0 Å². The summed E-state index contributed by atoms with van der Waals surface area (Å²) in [4.78, 5) is 23.3. The molecule has 1 saturated heterocycles. The molecule has 0 aromatic carbocycles. The van der Waals surface area contributed by atoms with Crippen LogP contribution in [0.1, 0.15) is 40.5 Å². The van der Waals surface area contributed by atoms with Crippen molar-refractivity contribution in [1.29, 1.82) is 0 Å². The molecule has 1 aliphatic carbocycles. The molecule has 0 saturated carbocycles. The van der Waals surface area contributed by atoms with Crippen LogP contribution in [0.15, 0.2) is 22.3 Å². The Morgan fingerprint density at radius 2 is 1.94 bits per heavy atom. The fourth-order valence-corrected chi connectivity index (χ4v) is 2.59. The van der Waals surface area contributed by atoms with Gasteiger partial charge in [0.25, 0.3) is 0 Å². The van der Waals surface area contributed by atoms with Gasteiger partial charge in [0, 0.05) is 0 Å². The first-order valence-corrected chi connectivity index (χ1v) is 6.11. The molecule has 1 N–H and O–H groups in total. The number of ether oxygens (including phenoxy) is 1. The summed E-state index contributed by atoms with van der Waals surface area (Å²) in [5.74, 6) is -0.886. The molecule has 0 bridgehead atoms. The highest BCUT2D eigenvalue weighted by Crippen LogP contribution is 2.40. The van der Waals surface area contributed by atoms with Crippen molar-refractivity contribution in [2.24, 2.45) is 0 Å². The first-order chi connectivity index (χ1) is 8.28. The van der Waals surface area contributed by atoms with E-state index >= 15 is 0 Å². The SMILES string of the molecule is CC1=C(C)C2OC(C)(C(=O)O)CCC2=C(C)C1=O. The van der Waals surface area contributed by atoms with E-state index in [2.05, 4.69) is 0 Å². The minimum Gasteiger partial charge on any atom is -0.479 e. The summed E-state index contributed by atoms with van der Waals surface area (Å²) < 4.78 is 5.77. The highest BCUT2D eigenvalue weighted by molar-refractivity contribution is 6.10. The number of rotatable bonds is 1. The normalized spacial score (nSPS) is 32.7. The Morgan fingerprint density at radius 1 is 1.33 bits per heavy atom. The Bertz CT molecular complexity index is 498. The highest BCUT2D eigenvalue weighted by Gasteiger charge is 2.44. The van der Waals surface area contributed by atoms with Gasteiger partial charge in [-0.1, -0.05) is 0 Å². The molecule has 2 rings (SSSR count). The lowest BCUT2D eigenvalue weighted by Gasteiger charge is -2.40. The van der Waals surface area contributed by atoms with Crippen LogP contribution in [0.2, 0.25) is 0 Å². The van der Waals surface area contributed by atoms with Gasteiger partial charge in [0.2, 0.25) is 0 Å². The van der Waals surface area contributed by atoms with E-state index in [1.165, 1.54) is 0 Å². The van der Waals surface area contributed by atoms with E-state index in [9.17, 15) is 14.7 Å². The second kappa shape index (κ2) is 4.05. The zero-order valence-electron chi connectivity index (χ0n) is 11.2. The number of Topliss-reactive ketones (excluding diaryl/α,β-unsaturated/α-hetero) is 1. The van der Waals surface area contributed by atoms with Crippen LogP contribution in [0.4, 0.5) is 0 Å². The number of fused-ring (bicyclic) bond motifs is 1. The Kier molecular flexibility index (Phi) is 2.93.